The van der Waals surface area contributed by atoms with Crippen LogP contribution in [-0.2, 0) is 14.3 Å². The number of nitrogens with one attached hydrogen (secondary N) is 2. The first kappa shape index (κ1) is 22.8. The summed E-state index contributed by atoms with van der Waals surface area (Å²) in [6, 6.07) is 16.1. The summed E-state index contributed by atoms with van der Waals surface area (Å²) in [7, 11) is 0. The summed E-state index contributed by atoms with van der Waals surface area (Å²) >= 11 is 0. The van der Waals surface area contributed by atoms with Crippen molar-refractivity contribution in [1.82, 2.24) is 10.6 Å². The molecule has 0 aromatic heterocycles. The molecule has 2 rings (SSSR count). The van der Waals surface area contributed by atoms with Crippen LogP contribution >= 0.6 is 0 Å². The number of urea groups is 1. The van der Waals surface area contributed by atoms with Crippen LogP contribution in [0.25, 0.3) is 11.1 Å². The summed E-state index contributed by atoms with van der Waals surface area (Å²) in [5.41, 5.74) is 2.54. The van der Waals surface area contributed by atoms with E-state index in [4.69, 9.17) is 4.74 Å². The van der Waals surface area contributed by atoms with Crippen LogP contribution in [0, 0.1) is 0 Å². The van der Waals surface area contributed by atoms with Gasteiger partial charge in [0, 0.05) is 18.0 Å². The van der Waals surface area contributed by atoms with Gasteiger partial charge in [-0.15, -0.1) is 0 Å². The van der Waals surface area contributed by atoms with Gasteiger partial charge in [-0.2, -0.15) is 0 Å². The molecular weight excluding hydrogens is 384 g/mol. The molecule has 0 aliphatic heterocycles. The van der Waals surface area contributed by atoms with Gasteiger partial charge in [-0.3, -0.25) is 19.7 Å². The third-order valence-electron chi connectivity index (χ3n) is 4.20. The van der Waals surface area contributed by atoms with E-state index in [0.717, 1.165) is 11.1 Å². The number of esters is 1. The Bertz CT molecular complexity index is 892. The van der Waals surface area contributed by atoms with E-state index in [-0.39, 0.29) is 24.7 Å². The van der Waals surface area contributed by atoms with Gasteiger partial charge in [0.2, 0.25) is 0 Å². The van der Waals surface area contributed by atoms with Crippen LogP contribution in [0.15, 0.2) is 54.6 Å². The summed E-state index contributed by atoms with van der Waals surface area (Å²) < 4.78 is 5.00. The molecule has 158 valence electrons. The van der Waals surface area contributed by atoms with Crippen molar-refractivity contribution in [3.63, 3.8) is 0 Å². The van der Waals surface area contributed by atoms with Crippen molar-refractivity contribution in [1.29, 1.82) is 0 Å². The number of hydrogen-bond donors (Lipinski definition) is 2. The number of rotatable bonds is 8. The third-order valence-corrected chi connectivity index (χ3v) is 4.20. The van der Waals surface area contributed by atoms with Gasteiger partial charge in [0.25, 0.3) is 5.91 Å². The molecule has 0 radical (unpaired) electrons. The maximum atomic E-state index is 12.3. The zero-order valence-corrected chi connectivity index (χ0v) is 17.3. The van der Waals surface area contributed by atoms with E-state index in [9.17, 15) is 19.2 Å². The van der Waals surface area contributed by atoms with Gasteiger partial charge >= 0.3 is 12.0 Å². The first-order chi connectivity index (χ1) is 14.3. The van der Waals surface area contributed by atoms with Crippen molar-refractivity contribution in [2.75, 3.05) is 0 Å². The van der Waals surface area contributed by atoms with Crippen LogP contribution in [0.2, 0.25) is 0 Å². The van der Waals surface area contributed by atoms with Crippen molar-refractivity contribution in [2.24, 2.45) is 0 Å². The molecule has 2 aromatic rings. The zero-order chi connectivity index (χ0) is 22.1. The molecule has 7 heteroatoms. The Labute approximate surface area is 175 Å². The van der Waals surface area contributed by atoms with Gasteiger partial charge in [0.1, 0.15) is 0 Å². The highest BCUT2D eigenvalue weighted by atomic mass is 16.5. The molecule has 0 saturated carbocycles. The fourth-order valence-electron chi connectivity index (χ4n) is 2.66. The normalized spacial score (nSPS) is 11.5. The lowest BCUT2D eigenvalue weighted by Crippen LogP contribution is -2.46. The number of ether oxygens (including phenoxy) is 1. The van der Waals surface area contributed by atoms with Gasteiger partial charge < -0.3 is 10.1 Å². The number of carbonyl (C=O) groups excluding carboxylic acids is 4. The van der Waals surface area contributed by atoms with E-state index in [1.54, 1.807) is 26.0 Å². The number of amides is 3. The van der Waals surface area contributed by atoms with Crippen molar-refractivity contribution in [2.45, 2.75) is 45.8 Å². The minimum absolute atomic E-state index is 0.0360. The average Bonchev–Trinajstić information content (AvgIpc) is 2.72. The number of imide groups is 1. The second-order valence-electron chi connectivity index (χ2n) is 7.12. The fourth-order valence-corrected chi connectivity index (χ4v) is 2.66. The first-order valence-electron chi connectivity index (χ1n) is 9.75. The Morgan fingerprint density at radius 3 is 2.03 bits per heavy atom. The second-order valence-corrected chi connectivity index (χ2v) is 7.12. The van der Waals surface area contributed by atoms with Crippen LogP contribution in [0.3, 0.4) is 0 Å². The first-order valence-corrected chi connectivity index (χ1v) is 9.75. The van der Waals surface area contributed by atoms with Crippen LogP contribution in [0.1, 0.15) is 44.0 Å². The molecule has 0 heterocycles. The van der Waals surface area contributed by atoms with Gasteiger partial charge in [-0.25, -0.2) is 4.79 Å². The molecule has 0 spiro atoms. The molecule has 0 aliphatic carbocycles. The van der Waals surface area contributed by atoms with Crippen molar-refractivity contribution in [3.05, 3.63) is 60.2 Å². The van der Waals surface area contributed by atoms with Gasteiger partial charge in [-0.1, -0.05) is 54.6 Å². The number of hydrogen-bond acceptors (Lipinski definition) is 5. The maximum absolute atomic E-state index is 12.3. The van der Waals surface area contributed by atoms with E-state index in [1.165, 1.54) is 6.92 Å². The van der Waals surface area contributed by atoms with E-state index in [0.29, 0.717) is 5.56 Å². The van der Waals surface area contributed by atoms with E-state index in [2.05, 4.69) is 10.6 Å². The number of ketones is 1. The summed E-state index contributed by atoms with van der Waals surface area (Å²) in [6.45, 7) is 4.86. The van der Waals surface area contributed by atoms with Crippen molar-refractivity contribution in [3.8, 4) is 11.1 Å². The monoisotopic (exact) mass is 410 g/mol. The van der Waals surface area contributed by atoms with E-state index >= 15 is 0 Å². The predicted octanol–water partition coefficient (Wildman–Crippen LogP) is 3.48. The molecule has 1 atom stereocenters. The lowest BCUT2D eigenvalue weighted by atomic mass is 10.0. The Morgan fingerprint density at radius 1 is 0.833 bits per heavy atom. The highest BCUT2D eigenvalue weighted by Gasteiger charge is 2.20. The maximum Gasteiger partial charge on any atom is 0.321 e. The Morgan fingerprint density at radius 2 is 1.43 bits per heavy atom. The van der Waals surface area contributed by atoms with Gasteiger partial charge in [-0.05, 0) is 31.9 Å². The Hall–Kier alpha value is -3.48. The Balaban J connectivity index is 1.80. The molecule has 0 saturated heterocycles. The third kappa shape index (κ3) is 7.16. The molecule has 7 nitrogen and oxygen atoms in total. The number of carbonyl (C=O) groups is 4. The van der Waals surface area contributed by atoms with Gasteiger partial charge in [0.05, 0.1) is 6.42 Å². The molecule has 0 aliphatic rings. The summed E-state index contributed by atoms with van der Waals surface area (Å²) in [4.78, 5) is 47.6. The highest BCUT2D eigenvalue weighted by Crippen LogP contribution is 2.20. The van der Waals surface area contributed by atoms with Crippen molar-refractivity contribution >= 4 is 23.7 Å². The quantitative estimate of drug-likeness (QED) is 0.512. The van der Waals surface area contributed by atoms with Crippen molar-refractivity contribution < 1.29 is 23.9 Å². The lowest BCUT2D eigenvalue weighted by molar-refractivity contribution is -0.154. The van der Waals surface area contributed by atoms with Crippen LogP contribution in [0.5, 0.6) is 0 Å². The number of Topliss-reactive ketones (excluding diaryl/α,β-unsaturated/α-hetero) is 1. The van der Waals surface area contributed by atoms with E-state index < -0.39 is 24.0 Å². The summed E-state index contributed by atoms with van der Waals surface area (Å²) in [5.74, 6) is -1.61. The minimum Gasteiger partial charge on any atom is -0.453 e. The molecule has 3 amide bonds. The topological polar surface area (TPSA) is 102 Å². The highest BCUT2D eigenvalue weighted by molar-refractivity contribution is 5.99. The average molecular weight is 410 g/mol. The zero-order valence-electron chi connectivity index (χ0n) is 17.3. The van der Waals surface area contributed by atoms with Crippen LogP contribution < -0.4 is 10.6 Å². The fraction of sp³-hybridized carbons (Fsp3) is 0.304. The largest absolute Gasteiger partial charge is 0.453 e. The summed E-state index contributed by atoms with van der Waals surface area (Å²) in [6.07, 6.45) is -1.34. The number of benzene rings is 2. The molecular formula is C23H26N2O5. The molecule has 0 unspecified atom stereocenters. The SMILES string of the molecule is CC(C)NC(=O)NC(=O)[C@H](C)OC(=O)CCC(=O)c1ccc(-c2ccccc2)cc1. The van der Waals surface area contributed by atoms with Gasteiger partial charge in [0.15, 0.2) is 11.9 Å². The molecule has 0 bridgehead atoms. The second kappa shape index (κ2) is 10.9. The molecule has 2 N–H and O–H groups in total. The minimum atomic E-state index is -1.14. The van der Waals surface area contributed by atoms with Crippen LogP contribution in [-0.4, -0.2) is 35.8 Å². The smallest absolute Gasteiger partial charge is 0.321 e. The summed E-state index contributed by atoms with van der Waals surface area (Å²) in [5, 5.41) is 4.59. The molecule has 0 fully saturated rings. The lowest BCUT2D eigenvalue weighted by Gasteiger charge is -2.14. The predicted molar refractivity (Wildman–Crippen MR) is 113 cm³/mol. The van der Waals surface area contributed by atoms with Crippen LogP contribution in [0.4, 0.5) is 4.79 Å². The Kier molecular flexibility index (Phi) is 8.29. The molecule has 30 heavy (non-hydrogen) atoms. The van der Waals surface area contributed by atoms with E-state index in [1.807, 2.05) is 42.5 Å². The standard InChI is InChI=1S/C23H26N2O5/c1-15(2)24-23(29)25-22(28)16(3)30-21(27)14-13-20(26)19-11-9-18(10-12-19)17-7-5-4-6-8-17/h4-12,15-16H,13-14H2,1-3H3,(H2,24,25,28,29)/t16-/m0/s1. The molecule has 2 aromatic carbocycles.